The molecular weight excluding hydrogens is 585 g/mol. The largest absolute Gasteiger partial charge is 0.333 e. The van der Waals surface area contributed by atoms with Crippen LogP contribution in [-0.2, 0) is 30.2 Å². The number of nitrogens with one attached hydrogen (secondary N) is 1. The molecule has 0 fully saturated rings. The van der Waals surface area contributed by atoms with E-state index in [0.29, 0.717) is 41.0 Å². The minimum Gasteiger partial charge on any atom is -0.333 e. The number of hydrogen-bond donors (Lipinski definition) is 1. The van der Waals surface area contributed by atoms with Gasteiger partial charge >= 0.3 is 0 Å². The van der Waals surface area contributed by atoms with Gasteiger partial charge in [-0.3, -0.25) is 18.8 Å². The van der Waals surface area contributed by atoms with Crippen molar-refractivity contribution in [3.05, 3.63) is 91.7 Å². The second kappa shape index (κ2) is 9.88. The molecule has 0 bridgehead atoms. The second-order valence-electron chi connectivity index (χ2n) is 10.5. The molecular formula is C28H25ClFN7O4S. The molecule has 0 saturated heterocycles. The molecule has 0 spiro atoms. The number of nitrogens with zero attached hydrogens (tertiary/aromatic N) is 6. The summed E-state index contributed by atoms with van der Waals surface area (Å²) in [4.78, 5) is 37.6. The van der Waals surface area contributed by atoms with Gasteiger partial charge < -0.3 is 4.90 Å². The Balaban J connectivity index is 1.52. The number of hydrogen-bond acceptors (Lipinski definition) is 8. The predicted molar refractivity (Wildman–Crippen MR) is 157 cm³/mol. The number of benzene rings is 2. The topological polar surface area (TPSA) is 132 Å². The van der Waals surface area contributed by atoms with Gasteiger partial charge in [-0.05, 0) is 60.9 Å². The number of amides is 1. The van der Waals surface area contributed by atoms with Gasteiger partial charge in [0.05, 0.1) is 28.7 Å². The van der Waals surface area contributed by atoms with Crippen molar-refractivity contribution in [3.8, 4) is 0 Å². The highest BCUT2D eigenvalue weighted by molar-refractivity contribution is 7.89. The second-order valence-corrected chi connectivity index (χ2v) is 12.6. The number of pyridine rings is 1. The van der Waals surface area contributed by atoms with Crippen molar-refractivity contribution in [1.82, 2.24) is 29.0 Å². The van der Waals surface area contributed by atoms with Crippen molar-refractivity contribution in [1.29, 1.82) is 0 Å². The fourth-order valence-corrected chi connectivity index (χ4v) is 6.02. The third-order valence-corrected chi connectivity index (χ3v) is 8.10. The minimum absolute atomic E-state index is 0.102. The van der Waals surface area contributed by atoms with Crippen LogP contribution in [0.25, 0.3) is 21.9 Å². The van der Waals surface area contributed by atoms with E-state index >= 15 is 0 Å². The predicted octanol–water partition coefficient (Wildman–Crippen LogP) is 3.60. The SMILES string of the molecule is Cc1cc([C@@H](C)n2nc(C(=O)NS(C)(=O)=O)c3nc(Cl)ccc32)c2nc(N3Cc4ccc(F)cc4C3)n(C)c(=O)c2c1. The van der Waals surface area contributed by atoms with Crippen LogP contribution < -0.4 is 15.2 Å². The van der Waals surface area contributed by atoms with E-state index in [1.54, 1.807) is 31.3 Å². The zero-order valence-electron chi connectivity index (χ0n) is 23.0. The van der Waals surface area contributed by atoms with Crippen LogP contribution in [0.2, 0.25) is 5.15 Å². The van der Waals surface area contributed by atoms with Crippen LogP contribution in [0.15, 0.2) is 47.3 Å². The molecule has 1 aliphatic heterocycles. The molecule has 1 atom stereocenters. The van der Waals surface area contributed by atoms with Crippen molar-refractivity contribution in [2.24, 2.45) is 7.05 Å². The van der Waals surface area contributed by atoms with Gasteiger partial charge in [0.1, 0.15) is 16.5 Å². The Kier molecular flexibility index (Phi) is 6.54. The molecule has 14 heteroatoms. The molecule has 11 nitrogen and oxygen atoms in total. The van der Waals surface area contributed by atoms with Crippen LogP contribution in [0, 0.1) is 12.7 Å². The van der Waals surface area contributed by atoms with E-state index in [9.17, 15) is 22.4 Å². The van der Waals surface area contributed by atoms with E-state index in [-0.39, 0.29) is 27.7 Å². The fourth-order valence-electron chi connectivity index (χ4n) is 5.44. The molecule has 1 N–H and O–H groups in total. The number of aryl methyl sites for hydroxylation is 1. The van der Waals surface area contributed by atoms with Gasteiger partial charge in [0, 0.05) is 25.7 Å². The van der Waals surface area contributed by atoms with E-state index in [1.807, 2.05) is 29.5 Å². The summed E-state index contributed by atoms with van der Waals surface area (Å²) in [5.41, 5.74) is 3.79. The zero-order chi connectivity index (χ0) is 30.1. The highest BCUT2D eigenvalue weighted by Gasteiger charge is 2.28. The molecule has 5 aromatic rings. The summed E-state index contributed by atoms with van der Waals surface area (Å²) in [6.07, 6.45) is 0.866. The third-order valence-electron chi connectivity index (χ3n) is 7.33. The molecule has 6 rings (SSSR count). The maximum atomic E-state index is 13.9. The lowest BCUT2D eigenvalue weighted by atomic mass is 10.0. The molecule has 0 saturated carbocycles. The highest BCUT2D eigenvalue weighted by atomic mass is 35.5. The van der Waals surface area contributed by atoms with Crippen LogP contribution in [-0.4, -0.2) is 44.9 Å². The Morgan fingerprint density at radius 1 is 1.07 bits per heavy atom. The quantitative estimate of drug-likeness (QED) is 0.299. The van der Waals surface area contributed by atoms with Gasteiger partial charge in [-0.15, -0.1) is 0 Å². The molecule has 42 heavy (non-hydrogen) atoms. The Bertz CT molecular complexity index is 2130. The van der Waals surface area contributed by atoms with E-state index < -0.39 is 22.0 Å². The summed E-state index contributed by atoms with van der Waals surface area (Å²) in [5, 5.41) is 4.97. The molecule has 0 unspecified atom stereocenters. The van der Waals surface area contributed by atoms with E-state index in [1.165, 1.54) is 21.4 Å². The molecule has 0 radical (unpaired) electrons. The summed E-state index contributed by atoms with van der Waals surface area (Å²) in [6.45, 7) is 4.56. The van der Waals surface area contributed by atoms with Crippen LogP contribution in [0.1, 0.15) is 45.7 Å². The van der Waals surface area contributed by atoms with Gasteiger partial charge in [-0.1, -0.05) is 23.7 Å². The van der Waals surface area contributed by atoms with E-state index in [4.69, 9.17) is 16.6 Å². The van der Waals surface area contributed by atoms with Gasteiger partial charge in [-0.25, -0.2) is 27.5 Å². The lowest BCUT2D eigenvalue weighted by Crippen LogP contribution is -2.30. The molecule has 1 amide bonds. The van der Waals surface area contributed by atoms with Crippen molar-refractivity contribution in [2.45, 2.75) is 33.0 Å². The minimum atomic E-state index is -3.87. The Labute approximate surface area is 244 Å². The Hall–Kier alpha value is -4.36. The first-order valence-corrected chi connectivity index (χ1v) is 15.2. The zero-order valence-corrected chi connectivity index (χ0v) is 24.6. The monoisotopic (exact) mass is 609 g/mol. The molecule has 2 aromatic carbocycles. The van der Waals surface area contributed by atoms with Crippen molar-refractivity contribution < 1.29 is 17.6 Å². The average molecular weight is 610 g/mol. The lowest BCUT2D eigenvalue weighted by molar-refractivity contribution is 0.0977. The van der Waals surface area contributed by atoms with Crippen molar-refractivity contribution in [2.75, 3.05) is 11.2 Å². The molecule has 216 valence electrons. The van der Waals surface area contributed by atoms with E-state index in [0.717, 1.165) is 22.9 Å². The van der Waals surface area contributed by atoms with Gasteiger partial charge in [0.15, 0.2) is 5.69 Å². The van der Waals surface area contributed by atoms with Gasteiger partial charge in [0.2, 0.25) is 16.0 Å². The highest BCUT2D eigenvalue weighted by Crippen LogP contribution is 2.32. The van der Waals surface area contributed by atoms with Gasteiger partial charge in [-0.2, -0.15) is 5.10 Å². The third kappa shape index (κ3) is 4.77. The standard InChI is InChI=1S/C28H25ClFN7O4S/c1-14-9-19(15(2)37-21-7-8-22(29)31-24(21)25(33-37)26(38)34-42(4,40)41)23-20(10-14)27(39)35(3)28(32-23)36-12-16-5-6-18(30)11-17(16)13-36/h5-11,15H,12-13H2,1-4H3,(H,34,38)/t15-/m1/s1. The molecule has 0 aliphatic carbocycles. The summed E-state index contributed by atoms with van der Waals surface area (Å²) in [5.74, 6) is -0.848. The Morgan fingerprint density at radius 3 is 2.55 bits per heavy atom. The van der Waals surface area contributed by atoms with Crippen LogP contribution in [0.5, 0.6) is 0 Å². The number of carbonyl (C=O) groups is 1. The fraction of sp³-hybridized carbons (Fsp3) is 0.250. The summed E-state index contributed by atoms with van der Waals surface area (Å²) < 4.78 is 42.4. The molecule has 1 aliphatic rings. The first kappa shape index (κ1) is 27.8. The number of halogens is 2. The van der Waals surface area contributed by atoms with Crippen LogP contribution in [0.3, 0.4) is 0 Å². The van der Waals surface area contributed by atoms with Crippen molar-refractivity contribution >= 4 is 55.4 Å². The maximum Gasteiger partial charge on any atom is 0.287 e. The van der Waals surface area contributed by atoms with Crippen LogP contribution in [0.4, 0.5) is 10.3 Å². The number of aromatic nitrogens is 5. The number of carbonyl (C=O) groups excluding carboxylic acids is 1. The summed E-state index contributed by atoms with van der Waals surface area (Å²) in [6, 6.07) is 10.9. The lowest BCUT2D eigenvalue weighted by Gasteiger charge is -2.22. The summed E-state index contributed by atoms with van der Waals surface area (Å²) in [7, 11) is -2.22. The molecule has 3 aromatic heterocycles. The average Bonchev–Trinajstić information content (AvgIpc) is 3.50. The van der Waals surface area contributed by atoms with E-state index in [2.05, 4.69) is 10.1 Å². The molecule has 4 heterocycles. The first-order chi connectivity index (χ1) is 19.8. The Morgan fingerprint density at radius 2 is 1.81 bits per heavy atom. The van der Waals surface area contributed by atoms with Gasteiger partial charge in [0.25, 0.3) is 11.5 Å². The smallest absolute Gasteiger partial charge is 0.287 e. The normalized spacial score (nSPS) is 14.0. The van der Waals surface area contributed by atoms with Crippen LogP contribution >= 0.6 is 11.6 Å². The number of rotatable bonds is 5. The summed E-state index contributed by atoms with van der Waals surface area (Å²) >= 11 is 6.12. The number of sulfonamides is 1. The number of fused-ring (bicyclic) bond motifs is 3. The first-order valence-electron chi connectivity index (χ1n) is 12.9. The number of anilines is 1. The maximum absolute atomic E-state index is 13.9. The van der Waals surface area contributed by atoms with Crippen molar-refractivity contribution in [3.63, 3.8) is 0 Å².